The Hall–Kier alpha value is -1.31. The Kier molecular flexibility index (Phi) is 5.16. The molecule has 0 amide bonds. The molecule has 4 N–H and O–H groups in total. The summed E-state index contributed by atoms with van der Waals surface area (Å²) in [6.07, 6.45) is 0.830. The average molecular weight is 287 g/mol. The summed E-state index contributed by atoms with van der Waals surface area (Å²) in [5.41, 5.74) is 1.06. The Labute approximate surface area is 114 Å². The largest absolute Gasteiger partial charge is 0.385 e. The molecular weight excluding hydrogens is 266 g/mol. The summed E-state index contributed by atoms with van der Waals surface area (Å²) < 4.78 is 29.4. The number of nitrogens with one attached hydrogen (secondary N) is 2. The first-order valence-electron chi connectivity index (χ1n) is 5.91. The van der Waals surface area contributed by atoms with Gasteiger partial charge in [-0.15, -0.1) is 0 Å². The van der Waals surface area contributed by atoms with E-state index in [4.69, 9.17) is 9.88 Å². The number of nitrogens with two attached hydrogens (primary N) is 1. The molecule has 0 saturated carbocycles. The number of benzene rings is 1. The van der Waals surface area contributed by atoms with Gasteiger partial charge in [-0.2, -0.15) is 8.42 Å². The van der Waals surface area contributed by atoms with Crippen molar-refractivity contribution < 1.29 is 13.2 Å². The average Bonchev–Trinajstić information content (AvgIpc) is 2.27. The monoisotopic (exact) mass is 287 g/mol. The van der Waals surface area contributed by atoms with Gasteiger partial charge in [0.25, 0.3) is 10.2 Å². The Balaban J connectivity index is 2.58. The van der Waals surface area contributed by atoms with Crippen LogP contribution < -0.4 is 15.2 Å². The highest BCUT2D eigenvalue weighted by atomic mass is 32.2. The molecule has 0 aliphatic carbocycles. The number of hydrogen-bond acceptors (Lipinski definition) is 4. The highest BCUT2D eigenvalue weighted by Crippen LogP contribution is 2.17. The normalized spacial score (nSPS) is 12.2. The van der Waals surface area contributed by atoms with Crippen molar-refractivity contribution in [2.75, 3.05) is 23.7 Å². The van der Waals surface area contributed by atoms with Gasteiger partial charge >= 0.3 is 0 Å². The summed E-state index contributed by atoms with van der Waals surface area (Å²) in [6, 6.07) is 6.92. The molecule has 0 aromatic heterocycles. The molecule has 7 heteroatoms. The van der Waals surface area contributed by atoms with Gasteiger partial charge in [0, 0.05) is 19.3 Å². The van der Waals surface area contributed by atoms with Crippen molar-refractivity contribution >= 4 is 21.6 Å². The van der Waals surface area contributed by atoms with E-state index in [9.17, 15) is 8.42 Å². The fourth-order valence-electron chi connectivity index (χ4n) is 1.47. The maximum absolute atomic E-state index is 10.9. The van der Waals surface area contributed by atoms with Crippen LogP contribution in [0.25, 0.3) is 0 Å². The number of rotatable bonds is 7. The molecule has 0 atom stereocenters. The van der Waals surface area contributed by atoms with Crippen LogP contribution in [0.2, 0.25) is 0 Å². The maximum atomic E-state index is 10.9. The minimum atomic E-state index is -3.74. The van der Waals surface area contributed by atoms with Crippen molar-refractivity contribution in [3.63, 3.8) is 0 Å². The lowest BCUT2D eigenvalue weighted by Gasteiger charge is -2.23. The third-order valence-corrected chi connectivity index (χ3v) is 3.25. The fraction of sp³-hybridized carbons (Fsp3) is 0.500. The molecule has 0 bridgehead atoms. The Bertz CT molecular complexity index is 515. The van der Waals surface area contributed by atoms with Crippen LogP contribution in [0.1, 0.15) is 20.3 Å². The van der Waals surface area contributed by atoms with Crippen molar-refractivity contribution in [2.24, 2.45) is 5.14 Å². The molecule has 0 heterocycles. The number of methoxy groups -OCH3 is 1. The van der Waals surface area contributed by atoms with Crippen LogP contribution in [0, 0.1) is 0 Å². The molecule has 6 nitrogen and oxygen atoms in total. The molecule has 1 rings (SSSR count). The molecule has 0 saturated heterocycles. The second kappa shape index (κ2) is 6.23. The first-order chi connectivity index (χ1) is 8.72. The van der Waals surface area contributed by atoms with Crippen LogP contribution in [-0.4, -0.2) is 27.7 Å². The lowest BCUT2D eigenvalue weighted by molar-refractivity contribution is 0.0185. The molecule has 0 fully saturated rings. The van der Waals surface area contributed by atoms with Crippen molar-refractivity contribution in [1.82, 2.24) is 0 Å². The molecule has 0 radical (unpaired) electrons. The maximum Gasteiger partial charge on any atom is 0.296 e. The first kappa shape index (κ1) is 15.7. The van der Waals surface area contributed by atoms with Gasteiger partial charge in [0.15, 0.2) is 0 Å². The van der Waals surface area contributed by atoms with Crippen molar-refractivity contribution in [3.05, 3.63) is 24.3 Å². The van der Waals surface area contributed by atoms with Crippen LogP contribution in [0.15, 0.2) is 24.3 Å². The Morgan fingerprint density at radius 3 is 2.53 bits per heavy atom. The van der Waals surface area contributed by atoms with Crippen molar-refractivity contribution in [3.8, 4) is 0 Å². The summed E-state index contributed by atoms with van der Waals surface area (Å²) in [5.74, 6) is 0. The van der Waals surface area contributed by atoms with Crippen LogP contribution in [0.5, 0.6) is 0 Å². The van der Waals surface area contributed by atoms with Crippen molar-refractivity contribution in [1.29, 1.82) is 0 Å². The predicted octanol–water partition coefficient (Wildman–Crippen LogP) is 1.53. The highest BCUT2D eigenvalue weighted by molar-refractivity contribution is 7.90. The zero-order valence-electron chi connectivity index (χ0n) is 11.4. The van der Waals surface area contributed by atoms with E-state index in [0.29, 0.717) is 5.69 Å². The summed E-state index contributed by atoms with van der Waals surface area (Å²) in [5, 5.41) is 8.12. The van der Waals surface area contributed by atoms with Gasteiger partial charge in [0.2, 0.25) is 0 Å². The molecule has 0 unspecified atom stereocenters. The molecule has 1 aromatic carbocycles. The van der Waals surface area contributed by atoms with Crippen molar-refractivity contribution in [2.45, 2.75) is 25.9 Å². The summed E-state index contributed by atoms with van der Waals surface area (Å²) in [4.78, 5) is 0. The molecular formula is C12H21N3O3S. The minimum absolute atomic E-state index is 0.191. The quantitative estimate of drug-likeness (QED) is 0.709. The standard InChI is InChI=1S/C12H21N3O3S/c1-12(2,18-3)7-8-14-10-5-4-6-11(9-10)15-19(13,16)17/h4-6,9,14-15H,7-8H2,1-3H3,(H2,13,16,17). The lowest BCUT2D eigenvalue weighted by Crippen LogP contribution is -2.25. The molecule has 0 aliphatic heterocycles. The number of anilines is 2. The SMILES string of the molecule is COC(C)(C)CCNc1cccc(NS(N)(=O)=O)c1. The zero-order chi connectivity index (χ0) is 14.5. The molecule has 1 aromatic rings. The second-order valence-corrected chi connectivity index (χ2v) is 6.16. The fourth-order valence-corrected chi connectivity index (χ4v) is 1.92. The molecule has 19 heavy (non-hydrogen) atoms. The topological polar surface area (TPSA) is 93.4 Å². The smallest absolute Gasteiger partial charge is 0.296 e. The van der Waals surface area contributed by atoms with Gasteiger partial charge < -0.3 is 10.1 Å². The summed E-state index contributed by atoms with van der Waals surface area (Å²) in [7, 11) is -2.06. The van der Waals surface area contributed by atoms with E-state index < -0.39 is 10.2 Å². The van der Waals surface area contributed by atoms with E-state index in [0.717, 1.165) is 18.7 Å². The Morgan fingerprint density at radius 2 is 1.95 bits per heavy atom. The van der Waals surface area contributed by atoms with Gasteiger partial charge in [-0.1, -0.05) is 6.07 Å². The van der Waals surface area contributed by atoms with Gasteiger partial charge in [0.05, 0.1) is 11.3 Å². The molecule has 108 valence electrons. The van der Waals surface area contributed by atoms with Crippen LogP contribution >= 0.6 is 0 Å². The molecule has 0 spiro atoms. The number of hydrogen-bond donors (Lipinski definition) is 3. The third-order valence-electron chi connectivity index (χ3n) is 2.73. The van der Waals surface area contributed by atoms with E-state index in [1.807, 2.05) is 19.9 Å². The van der Waals surface area contributed by atoms with Crippen LogP contribution in [-0.2, 0) is 14.9 Å². The van der Waals surface area contributed by atoms with Crippen LogP contribution in [0.4, 0.5) is 11.4 Å². The Morgan fingerprint density at radius 1 is 1.32 bits per heavy atom. The third kappa shape index (κ3) is 6.42. The van der Waals surface area contributed by atoms with Gasteiger partial charge in [-0.05, 0) is 38.5 Å². The van der Waals surface area contributed by atoms with E-state index in [2.05, 4.69) is 10.0 Å². The van der Waals surface area contributed by atoms with Crippen LogP contribution in [0.3, 0.4) is 0 Å². The van der Waals surface area contributed by atoms with E-state index >= 15 is 0 Å². The van der Waals surface area contributed by atoms with E-state index in [1.165, 1.54) is 0 Å². The molecule has 0 aliphatic rings. The van der Waals surface area contributed by atoms with E-state index in [-0.39, 0.29) is 5.60 Å². The first-order valence-corrected chi connectivity index (χ1v) is 7.46. The summed E-state index contributed by atoms with van der Waals surface area (Å²) >= 11 is 0. The van der Waals surface area contributed by atoms with Gasteiger partial charge in [0.1, 0.15) is 0 Å². The van der Waals surface area contributed by atoms with E-state index in [1.54, 1.807) is 25.3 Å². The lowest BCUT2D eigenvalue weighted by atomic mass is 10.1. The van der Waals surface area contributed by atoms with Gasteiger partial charge in [-0.3, -0.25) is 4.72 Å². The second-order valence-electron chi connectivity index (χ2n) is 4.87. The minimum Gasteiger partial charge on any atom is -0.385 e. The highest BCUT2D eigenvalue weighted by Gasteiger charge is 2.15. The number of ether oxygens (including phenoxy) is 1. The predicted molar refractivity (Wildman–Crippen MR) is 77.4 cm³/mol. The van der Waals surface area contributed by atoms with Gasteiger partial charge in [-0.25, -0.2) is 5.14 Å². The zero-order valence-corrected chi connectivity index (χ0v) is 12.3. The summed E-state index contributed by atoms with van der Waals surface area (Å²) in [6.45, 7) is 4.74.